The van der Waals surface area contributed by atoms with Gasteiger partial charge in [0.25, 0.3) is 5.56 Å². The van der Waals surface area contributed by atoms with Crippen LogP contribution in [0.5, 0.6) is 0 Å². The van der Waals surface area contributed by atoms with Crippen molar-refractivity contribution in [3.63, 3.8) is 0 Å². The molecule has 1 aromatic carbocycles. The van der Waals surface area contributed by atoms with Gasteiger partial charge in [-0.15, -0.1) is 0 Å². The molecular formula is C11H8ClFN2O. The van der Waals surface area contributed by atoms with Crippen molar-refractivity contribution < 1.29 is 4.39 Å². The summed E-state index contributed by atoms with van der Waals surface area (Å²) in [7, 11) is 0. The number of hydrogen-bond acceptors (Lipinski definition) is 2. The summed E-state index contributed by atoms with van der Waals surface area (Å²) >= 11 is 5.68. The zero-order valence-electron chi connectivity index (χ0n) is 8.42. The average Bonchev–Trinajstić information content (AvgIpc) is 2.25. The highest BCUT2D eigenvalue weighted by Crippen LogP contribution is 2.22. The Morgan fingerprint density at radius 2 is 2.06 bits per heavy atom. The van der Waals surface area contributed by atoms with E-state index in [0.29, 0.717) is 11.1 Å². The molecule has 2 rings (SSSR count). The molecule has 0 atom stereocenters. The molecule has 0 saturated carbocycles. The molecule has 0 radical (unpaired) electrons. The van der Waals surface area contributed by atoms with E-state index in [-0.39, 0.29) is 5.15 Å². The van der Waals surface area contributed by atoms with Gasteiger partial charge in [-0.05, 0) is 36.2 Å². The lowest BCUT2D eigenvalue weighted by Crippen LogP contribution is -2.11. The summed E-state index contributed by atoms with van der Waals surface area (Å²) in [6, 6.07) is 5.67. The molecule has 1 aromatic heterocycles. The number of benzene rings is 1. The maximum atomic E-state index is 13.1. The minimum atomic E-state index is -0.395. The van der Waals surface area contributed by atoms with E-state index in [1.807, 2.05) is 0 Å². The normalized spacial score (nSPS) is 10.4. The average molecular weight is 239 g/mol. The second-order valence-electron chi connectivity index (χ2n) is 3.39. The third-order valence-corrected chi connectivity index (χ3v) is 2.46. The Hall–Kier alpha value is -1.68. The summed E-state index contributed by atoms with van der Waals surface area (Å²) in [6.45, 7) is 1.79. The Labute approximate surface area is 95.9 Å². The second-order valence-corrected chi connectivity index (χ2v) is 3.78. The molecule has 0 unspecified atom stereocenters. The SMILES string of the molecule is Cc1ccc(F)cc1-c1cc(Cl)n[nH]c1=O. The van der Waals surface area contributed by atoms with Crippen molar-refractivity contribution in [1.82, 2.24) is 10.2 Å². The van der Waals surface area contributed by atoms with E-state index < -0.39 is 11.4 Å². The lowest BCUT2D eigenvalue weighted by atomic mass is 10.0. The largest absolute Gasteiger partial charge is 0.272 e. The predicted molar refractivity (Wildman–Crippen MR) is 60.0 cm³/mol. The van der Waals surface area contributed by atoms with Gasteiger partial charge < -0.3 is 0 Å². The van der Waals surface area contributed by atoms with Crippen LogP contribution in [0.3, 0.4) is 0 Å². The quantitative estimate of drug-likeness (QED) is 0.830. The molecule has 0 spiro atoms. The highest BCUT2D eigenvalue weighted by Gasteiger charge is 2.08. The van der Waals surface area contributed by atoms with E-state index in [0.717, 1.165) is 5.56 Å². The molecule has 1 N–H and O–H groups in total. The van der Waals surface area contributed by atoms with Crippen LogP contribution in [-0.4, -0.2) is 10.2 Å². The van der Waals surface area contributed by atoms with Crippen LogP contribution in [0.4, 0.5) is 4.39 Å². The molecule has 82 valence electrons. The maximum Gasteiger partial charge on any atom is 0.272 e. The number of hydrogen-bond donors (Lipinski definition) is 1. The van der Waals surface area contributed by atoms with Crippen molar-refractivity contribution in [1.29, 1.82) is 0 Å². The molecule has 0 aliphatic carbocycles. The summed E-state index contributed by atoms with van der Waals surface area (Å²) in [5.74, 6) is -0.395. The van der Waals surface area contributed by atoms with Gasteiger partial charge in [0, 0.05) is 0 Å². The fraction of sp³-hybridized carbons (Fsp3) is 0.0909. The molecule has 2 aromatic rings. The first-order valence-electron chi connectivity index (χ1n) is 4.59. The van der Waals surface area contributed by atoms with Crippen LogP contribution in [0.1, 0.15) is 5.56 Å². The molecule has 16 heavy (non-hydrogen) atoms. The molecule has 0 fully saturated rings. The number of rotatable bonds is 1. The monoisotopic (exact) mass is 238 g/mol. The highest BCUT2D eigenvalue weighted by molar-refractivity contribution is 6.29. The minimum absolute atomic E-state index is 0.165. The van der Waals surface area contributed by atoms with E-state index >= 15 is 0 Å². The summed E-state index contributed by atoms with van der Waals surface area (Å²) in [6.07, 6.45) is 0. The van der Waals surface area contributed by atoms with Crippen LogP contribution in [0.2, 0.25) is 5.15 Å². The Kier molecular flexibility index (Phi) is 2.75. The third-order valence-electron chi connectivity index (χ3n) is 2.26. The van der Waals surface area contributed by atoms with Crippen molar-refractivity contribution in [2.24, 2.45) is 0 Å². The van der Waals surface area contributed by atoms with Crippen LogP contribution >= 0.6 is 11.6 Å². The smallest absolute Gasteiger partial charge is 0.267 e. The van der Waals surface area contributed by atoms with Crippen molar-refractivity contribution in [2.75, 3.05) is 0 Å². The van der Waals surface area contributed by atoms with Gasteiger partial charge in [0.2, 0.25) is 0 Å². The van der Waals surface area contributed by atoms with Gasteiger partial charge >= 0.3 is 0 Å². The summed E-state index contributed by atoms with van der Waals surface area (Å²) in [4.78, 5) is 11.5. The second kappa shape index (κ2) is 4.06. The molecule has 0 aliphatic rings. The van der Waals surface area contributed by atoms with Gasteiger partial charge in [-0.2, -0.15) is 5.10 Å². The van der Waals surface area contributed by atoms with Crippen LogP contribution in [0.25, 0.3) is 11.1 Å². The van der Waals surface area contributed by atoms with E-state index in [2.05, 4.69) is 10.2 Å². The lowest BCUT2D eigenvalue weighted by molar-refractivity contribution is 0.628. The first-order valence-corrected chi connectivity index (χ1v) is 4.97. The zero-order valence-corrected chi connectivity index (χ0v) is 9.18. The standard InChI is InChI=1S/C11H8ClFN2O/c1-6-2-3-7(13)4-8(6)9-5-10(12)14-15-11(9)16/h2-5H,1H3,(H,15,16). The fourth-order valence-corrected chi connectivity index (χ4v) is 1.62. The Morgan fingerprint density at radius 3 is 2.81 bits per heavy atom. The minimum Gasteiger partial charge on any atom is -0.267 e. The summed E-state index contributed by atoms with van der Waals surface area (Å²) in [5.41, 5.74) is 1.25. The molecule has 0 amide bonds. The highest BCUT2D eigenvalue weighted by atomic mass is 35.5. The van der Waals surface area contributed by atoms with E-state index in [1.54, 1.807) is 13.0 Å². The Morgan fingerprint density at radius 1 is 1.31 bits per heavy atom. The topological polar surface area (TPSA) is 45.8 Å². The van der Waals surface area contributed by atoms with Crippen molar-refractivity contribution in [3.05, 3.63) is 51.2 Å². The third kappa shape index (κ3) is 1.97. The number of nitrogens with zero attached hydrogens (tertiary/aromatic N) is 1. The first-order chi connectivity index (χ1) is 7.58. The van der Waals surface area contributed by atoms with E-state index in [1.165, 1.54) is 18.2 Å². The molecule has 3 nitrogen and oxygen atoms in total. The number of nitrogens with one attached hydrogen (secondary N) is 1. The van der Waals surface area contributed by atoms with Crippen molar-refractivity contribution in [3.8, 4) is 11.1 Å². The van der Waals surface area contributed by atoms with Crippen LogP contribution in [-0.2, 0) is 0 Å². The van der Waals surface area contributed by atoms with Gasteiger partial charge in [-0.1, -0.05) is 17.7 Å². The van der Waals surface area contributed by atoms with Crippen molar-refractivity contribution in [2.45, 2.75) is 6.92 Å². The molecule has 1 heterocycles. The molecule has 0 bridgehead atoms. The number of aromatic amines is 1. The number of aromatic nitrogens is 2. The molecule has 0 aliphatic heterocycles. The van der Waals surface area contributed by atoms with Gasteiger partial charge in [0.05, 0.1) is 5.56 Å². The predicted octanol–water partition coefficient (Wildman–Crippen LogP) is 2.54. The first kappa shape index (κ1) is 10.8. The van der Waals surface area contributed by atoms with Crippen molar-refractivity contribution >= 4 is 11.6 Å². The van der Waals surface area contributed by atoms with Gasteiger partial charge in [-0.25, -0.2) is 9.49 Å². The lowest BCUT2D eigenvalue weighted by Gasteiger charge is -2.04. The fourth-order valence-electron chi connectivity index (χ4n) is 1.47. The maximum absolute atomic E-state index is 13.1. The summed E-state index contributed by atoms with van der Waals surface area (Å²) < 4.78 is 13.1. The molecule has 5 heteroatoms. The van der Waals surface area contributed by atoms with E-state index in [4.69, 9.17) is 11.6 Å². The number of aryl methyl sites for hydroxylation is 1. The summed E-state index contributed by atoms with van der Waals surface area (Å²) in [5, 5.41) is 5.97. The number of halogens is 2. The van der Waals surface area contributed by atoms with Crippen LogP contribution in [0.15, 0.2) is 29.1 Å². The molecule has 0 saturated heterocycles. The van der Waals surface area contributed by atoms with Crippen LogP contribution < -0.4 is 5.56 Å². The van der Waals surface area contributed by atoms with Gasteiger partial charge in [0.1, 0.15) is 11.0 Å². The van der Waals surface area contributed by atoms with E-state index in [9.17, 15) is 9.18 Å². The van der Waals surface area contributed by atoms with Crippen LogP contribution in [0, 0.1) is 12.7 Å². The zero-order chi connectivity index (χ0) is 11.7. The van der Waals surface area contributed by atoms with Gasteiger partial charge in [0.15, 0.2) is 0 Å². The van der Waals surface area contributed by atoms with Gasteiger partial charge in [-0.3, -0.25) is 4.79 Å². The Balaban J connectivity index is 2.71. The molecular weight excluding hydrogens is 231 g/mol. The number of H-pyrrole nitrogens is 1. The Bertz CT molecular complexity index is 595.